The van der Waals surface area contributed by atoms with Crippen molar-refractivity contribution in [1.29, 1.82) is 0 Å². The van der Waals surface area contributed by atoms with Gasteiger partial charge < -0.3 is 4.89 Å². The van der Waals surface area contributed by atoms with Gasteiger partial charge in [-0.3, -0.25) is 14.2 Å². The van der Waals surface area contributed by atoms with Crippen LogP contribution in [0.5, 0.6) is 0 Å². The van der Waals surface area contributed by atoms with Gasteiger partial charge in [0.15, 0.2) is 11.7 Å². The van der Waals surface area contributed by atoms with Crippen LogP contribution in [-0.2, 0) is 14.2 Å². The summed E-state index contributed by atoms with van der Waals surface area (Å²) in [5.41, 5.74) is 0. The molecule has 0 bridgehead atoms. The molecule has 0 aromatic rings. The van der Waals surface area contributed by atoms with Crippen molar-refractivity contribution in [3.8, 4) is 0 Å². The minimum absolute atomic E-state index is 0.971. The Kier molecular flexibility index (Phi) is 4.17. The molecule has 2 atom stereocenters. The van der Waals surface area contributed by atoms with Gasteiger partial charge in [0.1, 0.15) is 0 Å². The molecular weight excluding hydrogens is 171 g/mol. The van der Waals surface area contributed by atoms with Crippen molar-refractivity contribution in [2.24, 2.45) is 11.8 Å². The van der Waals surface area contributed by atoms with Crippen LogP contribution in [0.3, 0.4) is 0 Å². The van der Waals surface area contributed by atoms with Gasteiger partial charge in [0.05, 0.1) is 0 Å². The lowest BCUT2D eigenvalue weighted by atomic mass is 10.8. The Bertz CT molecular complexity index is 150. The van der Waals surface area contributed by atoms with Crippen LogP contribution in [0.4, 0.5) is 0 Å². The van der Waals surface area contributed by atoms with Crippen molar-refractivity contribution >= 4 is 7.37 Å². The van der Waals surface area contributed by atoms with Gasteiger partial charge >= 0.3 is 0 Å². The predicted molar refractivity (Wildman–Crippen MR) is 39.3 cm³/mol. The van der Waals surface area contributed by atoms with E-state index in [0.29, 0.717) is 0 Å². The summed E-state index contributed by atoms with van der Waals surface area (Å²) in [6, 6.07) is 0. The van der Waals surface area contributed by atoms with E-state index in [0.717, 1.165) is 0 Å². The Hall–Kier alpha value is 0.0300. The molecule has 2 unspecified atom stereocenters. The Balaban J connectivity index is 4.32. The first kappa shape index (κ1) is 11.0. The van der Waals surface area contributed by atoms with Crippen LogP contribution < -0.4 is 11.8 Å². The van der Waals surface area contributed by atoms with Gasteiger partial charge in [-0.2, -0.15) is 0 Å². The SMILES string of the molecule is CC(ON)P(=O)(O)C(C)ON. The van der Waals surface area contributed by atoms with Crippen molar-refractivity contribution in [2.45, 2.75) is 25.5 Å². The second-order valence-corrected chi connectivity index (χ2v) is 4.94. The van der Waals surface area contributed by atoms with E-state index in [2.05, 4.69) is 9.68 Å². The van der Waals surface area contributed by atoms with Crippen LogP contribution in [0.2, 0.25) is 0 Å². The summed E-state index contributed by atoms with van der Waals surface area (Å²) >= 11 is 0. The van der Waals surface area contributed by atoms with Crippen LogP contribution in [0.1, 0.15) is 13.8 Å². The largest absolute Gasteiger partial charge is 0.341 e. The van der Waals surface area contributed by atoms with E-state index in [1.54, 1.807) is 0 Å². The topological polar surface area (TPSA) is 108 Å². The molecule has 0 rings (SSSR count). The Morgan fingerprint density at radius 1 is 1.27 bits per heavy atom. The lowest BCUT2D eigenvalue weighted by Gasteiger charge is -2.21. The minimum Gasteiger partial charge on any atom is -0.341 e. The summed E-state index contributed by atoms with van der Waals surface area (Å²) in [7, 11) is -3.57. The maximum Gasteiger partial charge on any atom is 0.259 e. The molecule has 68 valence electrons. The van der Waals surface area contributed by atoms with E-state index in [9.17, 15) is 9.46 Å². The smallest absolute Gasteiger partial charge is 0.259 e. The summed E-state index contributed by atoms with van der Waals surface area (Å²) in [5.74, 6) is 7.50. The van der Waals surface area contributed by atoms with E-state index in [1.165, 1.54) is 13.8 Å². The summed E-state index contributed by atoms with van der Waals surface area (Å²) in [5, 5.41) is 0. The molecule has 0 aromatic heterocycles. The molecule has 5 N–H and O–H groups in total. The molecule has 0 aliphatic carbocycles. The van der Waals surface area contributed by atoms with Crippen molar-refractivity contribution in [3.05, 3.63) is 0 Å². The summed E-state index contributed by atoms with van der Waals surface area (Å²) in [6.45, 7) is 2.74. The zero-order valence-electron chi connectivity index (χ0n) is 6.43. The van der Waals surface area contributed by atoms with E-state index in [1.807, 2.05) is 0 Å². The van der Waals surface area contributed by atoms with E-state index in [-0.39, 0.29) is 0 Å². The van der Waals surface area contributed by atoms with Gasteiger partial charge in [-0.1, -0.05) is 0 Å². The Morgan fingerprint density at radius 2 is 1.55 bits per heavy atom. The van der Waals surface area contributed by atoms with Gasteiger partial charge in [0.2, 0.25) is 0 Å². The molecule has 0 fully saturated rings. The van der Waals surface area contributed by atoms with E-state index >= 15 is 0 Å². The molecule has 0 aliphatic rings. The Morgan fingerprint density at radius 3 is 1.73 bits per heavy atom. The maximum absolute atomic E-state index is 11.2. The summed E-state index contributed by atoms with van der Waals surface area (Å²) < 4.78 is 11.2. The molecule has 11 heavy (non-hydrogen) atoms. The second-order valence-electron chi connectivity index (χ2n) is 2.14. The van der Waals surface area contributed by atoms with Gasteiger partial charge in [0, 0.05) is 0 Å². The third-order valence-corrected chi connectivity index (χ3v) is 3.76. The first-order valence-corrected chi connectivity index (χ1v) is 4.79. The first-order valence-electron chi connectivity index (χ1n) is 3.00. The fraction of sp³-hybridized carbons (Fsp3) is 1.00. The van der Waals surface area contributed by atoms with Crippen LogP contribution in [0, 0.1) is 0 Å². The van der Waals surface area contributed by atoms with Crippen molar-refractivity contribution in [3.63, 3.8) is 0 Å². The first-order chi connectivity index (χ1) is 4.96. The van der Waals surface area contributed by atoms with Crippen molar-refractivity contribution in [1.82, 2.24) is 0 Å². The molecule has 0 saturated carbocycles. The van der Waals surface area contributed by atoms with Gasteiger partial charge in [-0.15, -0.1) is 0 Å². The van der Waals surface area contributed by atoms with Crippen LogP contribution in [-0.4, -0.2) is 16.6 Å². The molecule has 6 nitrogen and oxygen atoms in total. The lowest BCUT2D eigenvalue weighted by Crippen LogP contribution is -2.23. The number of rotatable bonds is 4. The molecule has 0 aromatic carbocycles. The monoisotopic (exact) mass is 184 g/mol. The number of nitrogens with two attached hydrogens (primary N) is 2. The molecule has 0 saturated heterocycles. The average Bonchev–Trinajstić information content (AvgIpc) is 2.01. The highest BCUT2D eigenvalue weighted by atomic mass is 31.2. The zero-order valence-corrected chi connectivity index (χ0v) is 7.32. The standard InChI is InChI=1S/C4H13N2O4P/c1-3(9-5)11(7,8)4(2)10-6/h3-4H,5-6H2,1-2H3,(H,7,8). The van der Waals surface area contributed by atoms with E-state index in [4.69, 9.17) is 11.8 Å². The van der Waals surface area contributed by atoms with Crippen molar-refractivity contribution in [2.75, 3.05) is 0 Å². The third kappa shape index (κ3) is 2.52. The fourth-order valence-electron chi connectivity index (χ4n) is 0.470. The van der Waals surface area contributed by atoms with Crippen LogP contribution >= 0.6 is 7.37 Å². The molecule has 7 heteroatoms. The zero-order chi connectivity index (χ0) is 9.07. The molecule has 0 heterocycles. The minimum atomic E-state index is -3.57. The molecule has 0 spiro atoms. The maximum atomic E-state index is 11.2. The highest BCUT2D eigenvalue weighted by Crippen LogP contribution is 2.50. The molecule has 0 aliphatic heterocycles. The summed E-state index contributed by atoms with van der Waals surface area (Å²) in [6.07, 6.45) is 0. The van der Waals surface area contributed by atoms with E-state index < -0.39 is 19.1 Å². The number of hydrogen-bond donors (Lipinski definition) is 3. The van der Waals surface area contributed by atoms with Crippen LogP contribution in [0.25, 0.3) is 0 Å². The predicted octanol–water partition coefficient (Wildman–Crippen LogP) is -0.271. The second kappa shape index (κ2) is 4.15. The lowest BCUT2D eigenvalue weighted by molar-refractivity contribution is 0.0772. The molecule has 0 amide bonds. The quantitative estimate of drug-likeness (QED) is 0.410. The number of hydrogen-bond acceptors (Lipinski definition) is 5. The van der Waals surface area contributed by atoms with Gasteiger partial charge in [-0.25, -0.2) is 11.8 Å². The van der Waals surface area contributed by atoms with Gasteiger partial charge in [-0.05, 0) is 13.8 Å². The van der Waals surface area contributed by atoms with Crippen molar-refractivity contribution < 1.29 is 19.1 Å². The fourth-order valence-corrected chi connectivity index (χ4v) is 1.41. The normalized spacial score (nSPS) is 22.3. The Labute approximate surface area is 64.8 Å². The highest BCUT2D eigenvalue weighted by Gasteiger charge is 2.35. The summed E-state index contributed by atoms with van der Waals surface area (Å²) in [4.78, 5) is 17.6. The molecular formula is C4H13N2O4P. The van der Waals surface area contributed by atoms with Crippen LogP contribution in [0.15, 0.2) is 0 Å². The molecule has 0 radical (unpaired) electrons. The third-order valence-electron chi connectivity index (χ3n) is 1.44. The van der Waals surface area contributed by atoms with Gasteiger partial charge in [0.25, 0.3) is 7.37 Å². The average molecular weight is 184 g/mol. The highest BCUT2D eigenvalue weighted by molar-refractivity contribution is 7.59.